The number of rotatable bonds is 3. The van der Waals surface area contributed by atoms with Crippen LogP contribution in [-0.2, 0) is 9.53 Å². The van der Waals surface area contributed by atoms with Crippen molar-refractivity contribution in [3.8, 4) is 0 Å². The zero-order chi connectivity index (χ0) is 16.4. The summed E-state index contributed by atoms with van der Waals surface area (Å²) in [5.41, 5.74) is 0.571. The summed E-state index contributed by atoms with van der Waals surface area (Å²) < 4.78 is 5.37. The van der Waals surface area contributed by atoms with Gasteiger partial charge in [-0.3, -0.25) is 14.4 Å². The Hall–Kier alpha value is -2.67. The molecule has 1 atom stereocenters. The lowest BCUT2D eigenvalue weighted by Gasteiger charge is -2.32. The van der Waals surface area contributed by atoms with Gasteiger partial charge in [-0.2, -0.15) is 0 Å². The fraction of sp³-hybridized carbons (Fsp3) is 0.312. The number of morpholine rings is 1. The highest BCUT2D eigenvalue weighted by molar-refractivity contribution is 6.06. The summed E-state index contributed by atoms with van der Waals surface area (Å²) in [6, 6.07) is 8.37. The van der Waals surface area contributed by atoms with Crippen molar-refractivity contribution in [1.29, 1.82) is 0 Å². The third-order valence-electron chi connectivity index (χ3n) is 3.81. The molecule has 1 aromatic heterocycles. The Balaban J connectivity index is 1.91. The molecular weight excluding hydrogens is 300 g/mol. The van der Waals surface area contributed by atoms with Gasteiger partial charge in [0.05, 0.1) is 24.7 Å². The first-order chi connectivity index (χ1) is 11.0. The van der Waals surface area contributed by atoms with Gasteiger partial charge in [0.1, 0.15) is 0 Å². The van der Waals surface area contributed by atoms with Gasteiger partial charge in [-0.1, -0.05) is 18.2 Å². The van der Waals surface area contributed by atoms with Gasteiger partial charge >= 0.3 is 5.97 Å². The van der Waals surface area contributed by atoms with Gasteiger partial charge in [0.15, 0.2) is 0 Å². The Morgan fingerprint density at radius 2 is 2.13 bits per heavy atom. The molecule has 7 nitrogen and oxygen atoms in total. The number of nitrogens with one attached hydrogen (secondary N) is 1. The van der Waals surface area contributed by atoms with E-state index in [-0.39, 0.29) is 31.0 Å². The molecule has 0 saturated carbocycles. The van der Waals surface area contributed by atoms with Crippen LogP contribution in [0, 0.1) is 0 Å². The first-order valence-corrected chi connectivity index (χ1v) is 7.29. The number of fused-ring (bicyclic) bond motifs is 1. The lowest BCUT2D eigenvalue weighted by Crippen LogP contribution is -2.46. The van der Waals surface area contributed by atoms with Crippen molar-refractivity contribution in [2.75, 3.05) is 19.7 Å². The van der Waals surface area contributed by atoms with Gasteiger partial charge < -0.3 is 19.7 Å². The molecule has 2 heterocycles. The Kier molecular flexibility index (Phi) is 4.12. The van der Waals surface area contributed by atoms with E-state index in [9.17, 15) is 14.4 Å². The fourth-order valence-corrected chi connectivity index (χ4v) is 2.77. The normalized spacial score (nSPS) is 18.1. The van der Waals surface area contributed by atoms with Crippen LogP contribution in [0.2, 0.25) is 0 Å². The molecule has 7 heteroatoms. The second-order valence-corrected chi connectivity index (χ2v) is 5.43. The fourth-order valence-electron chi connectivity index (χ4n) is 2.77. The average molecular weight is 316 g/mol. The Labute approximate surface area is 131 Å². The molecule has 0 radical (unpaired) electrons. The number of aliphatic carboxylic acids is 1. The molecule has 2 aromatic rings. The smallest absolute Gasteiger partial charge is 0.306 e. The van der Waals surface area contributed by atoms with E-state index in [0.29, 0.717) is 23.0 Å². The standard InChI is InChI=1S/C16H16N2O5/c19-14-8-12(11-3-1-2-4-13(11)17-14)16(22)18-5-6-23-10(9-18)7-15(20)21/h1-4,8,10H,5-7,9H2,(H,17,19)(H,20,21)/t10-/m1/s1. The summed E-state index contributed by atoms with van der Waals surface area (Å²) in [5, 5.41) is 9.52. The number of benzene rings is 1. The van der Waals surface area contributed by atoms with Crippen LogP contribution in [0.25, 0.3) is 10.9 Å². The van der Waals surface area contributed by atoms with Gasteiger partial charge in [-0.25, -0.2) is 0 Å². The molecule has 1 amide bonds. The van der Waals surface area contributed by atoms with Crippen molar-refractivity contribution in [2.24, 2.45) is 0 Å². The van der Waals surface area contributed by atoms with Crippen molar-refractivity contribution in [3.63, 3.8) is 0 Å². The molecule has 23 heavy (non-hydrogen) atoms. The molecule has 1 saturated heterocycles. The van der Waals surface area contributed by atoms with Crippen molar-refractivity contribution in [3.05, 3.63) is 46.2 Å². The van der Waals surface area contributed by atoms with E-state index in [1.807, 2.05) is 0 Å². The van der Waals surface area contributed by atoms with Crippen LogP contribution in [0.1, 0.15) is 16.8 Å². The summed E-state index contributed by atoms with van der Waals surface area (Å²) in [6.45, 7) is 0.854. The van der Waals surface area contributed by atoms with Crippen LogP contribution in [0.4, 0.5) is 0 Å². The van der Waals surface area contributed by atoms with Crippen molar-refractivity contribution >= 4 is 22.8 Å². The predicted molar refractivity (Wildman–Crippen MR) is 82.5 cm³/mol. The Morgan fingerprint density at radius 3 is 2.91 bits per heavy atom. The first-order valence-electron chi connectivity index (χ1n) is 7.29. The van der Waals surface area contributed by atoms with E-state index in [2.05, 4.69) is 4.98 Å². The number of carbonyl (C=O) groups is 2. The zero-order valence-corrected chi connectivity index (χ0v) is 12.3. The molecule has 0 unspecified atom stereocenters. The molecule has 0 aliphatic carbocycles. The van der Waals surface area contributed by atoms with Crippen LogP contribution in [-0.4, -0.2) is 52.7 Å². The van der Waals surface area contributed by atoms with Crippen LogP contribution < -0.4 is 5.56 Å². The Morgan fingerprint density at radius 1 is 1.35 bits per heavy atom. The van der Waals surface area contributed by atoms with Crippen molar-refractivity contribution < 1.29 is 19.4 Å². The van der Waals surface area contributed by atoms with E-state index in [1.54, 1.807) is 29.2 Å². The van der Waals surface area contributed by atoms with E-state index in [1.165, 1.54) is 6.07 Å². The topological polar surface area (TPSA) is 99.7 Å². The van der Waals surface area contributed by atoms with Crippen LogP contribution in [0.15, 0.2) is 35.1 Å². The molecule has 1 fully saturated rings. The number of hydrogen-bond acceptors (Lipinski definition) is 4. The van der Waals surface area contributed by atoms with E-state index < -0.39 is 12.1 Å². The number of amides is 1. The third-order valence-corrected chi connectivity index (χ3v) is 3.81. The SMILES string of the molecule is O=C(O)C[C@@H]1CN(C(=O)c2cc(=O)[nH]c3ccccc23)CCO1. The van der Waals surface area contributed by atoms with Gasteiger partial charge in [0, 0.05) is 30.1 Å². The number of hydrogen-bond donors (Lipinski definition) is 2. The van der Waals surface area contributed by atoms with Gasteiger partial charge in [-0.05, 0) is 6.07 Å². The summed E-state index contributed by atoms with van der Waals surface area (Å²) in [5.74, 6) is -1.25. The van der Waals surface area contributed by atoms with Crippen LogP contribution in [0.5, 0.6) is 0 Å². The van der Waals surface area contributed by atoms with Crippen LogP contribution in [0.3, 0.4) is 0 Å². The van der Waals surface area contributed by atoms with Gasteiger partial charge in [0.2, 0.25) is 5.56 Å². The zero-order valence-electron chi connectivity index (χ0n) is 12.3. The number of carboxylic acids is 1. The van der Waals surface area contributed by atoms with Gasteiger partial charge in [-0.15, -0.1) is 0 Å². The lowest BCUT2D eigenvalue weighted by molar-refractivity contribution is -0.141. The highest BCUT2D eigenvalue weighted by atomic mass is 16.5. The highest BCUT2D eigenvalue weighted by Gasteiger charge is 2.27. The average Bonchev–Trinajstić information content (AvgIpc) is 2.53. The minimum absolute atomic E-state index is 0.153. The van der Waals surface area contributed by atoms with E-state index >= 15 is 0 Å². The highest BCUT2D eigenvalue weighted by Crippen LogP contribution is 2.18. The third kappa shape index (κ3) is 3.24. The lowest BCUT2D eigenvalue weighted by atomic mass is 10.1. The maximum atomic E-state index is 12.8. The maximum absolute atomic E-state index is 12.8. The number of aromatic nitrogens is 1. The largest absolute Gasteiger partial charge is 0.481 e. The number of para-hydroxylation sites is 1. The second kappa shape index (κ2) is 6.21. The number of aromatic amines is 1. The number of H-pyrrole nitrogens is 1. The first kappa shape index (κ1) is 15.2. The number of carboxylic acid groups (broad SMARTS) is 1. The van der Waals surface area contributed by atoms with Crippen molar-refractivity contribution in [1.82, 2.24) is 9.88 Å². The van der Waals surface area contributed by atoms with Crippen LogP contribution >= 0.6 is 0 Å². The molecular formula is C16H16N2O5. The molecule has 1 aromatic carbocycles. The number of carbonyl (C=O) groups excluding carboxylic acids is 1. The van der Waals surface area contributed by atoms with E-state index in [4.69, 9.17) is 9.84 Å². The molecule has 0 bridgehead atoms. The second-order valence-electron chi connectivity index (χ2n) is 5.43. The monoisotopic (exact) mass is 316 g/mol. The minimum Gasteiger partial charge on any atom is -0.481 e. The summed E-state index contributed by atoms with van der Waals surface area (Å²) in [4.78, 5) is 39.6. The number of ether oxygens (including phenoxy) is 1. The van der Waals surface area contributed by atoms with E-state index in [0.717, 1.165) is 0 Å². The molecule has 120 valence electrons. The summed E-state index contributed by atoms with van der Waals surface area (Å²) >= 11 is 0. The molecule has 1 aliphatic rings. The molecule has 3 rings (SSSR count). The minimum atomic E-state index is -0.967. The molecule has 2 N–H and O–H groups in total. The quantitative estimate of drug-likeness (QED) is 0.874. The number of pyridine rings is 1. The molecule has 1 aliphatic heterocycles. The maximum Gasteiger partial charge on any atom is 0.306 e. The predicted octanol–water partition coefficient (Wildman–Crippen LogP) is 0.844. The summed E-state index contributed by atoms with van der Waals surface area (Å²) in [6.07, 6.45) is -0.682. The molecule has 0 spiro atoms. The summed E-state index contributed by atoms with van der Waals surface area (Å²) in [7, 11) is 0. The Bertz CT molecular complexity index is 813. The number of nitrogens with zero attached hydrogens (tertiary/aromatic N) is 1. The van der Waals surface area contributed by atoms with Gasteiger partial charge in [0.25, 0.3) is 5.91 Å². The van der Waals surface area contributed by atoms with Crippen molar-refractivity contribution in [2.45, 2.75) is 12.5 Å².